The molecule has 1 aromatic carbocycles. The molecule has 1 aliphatic rings. The third-order valence-electron chi connectivity index (χ3n) is 3.41. The summed E-state index contributed by atoms with van der Waals surface area (Å²) < 4.78 is 26.5. The van der Waals surface area contributed by atoms with Gasteiger partial charge in [-0.1, -0.05) is 17.7 Å². The first kappa shape index (κ1) is 20.2. The molecule has 0 radical (unpaired) electrons. The number of sulfonamides is 1. The van der Waals surface area contributed by atoms with E-state index in [2.05, 4.69) is 15.4 Å². The van der Waals surface area contributed by atoms with E-state index in [1.807, 2.05) is 0 Å². The number of halogens is 2. The molecule has 6 nitrogen and oxygen atoms in total. The monoisotopic (exact) mass is 381 g/mol. The Kier molecular flexibility index (Phi) is 8.28. The summed E-state index contributed by atoms with van der Waals surface area (Å²) in [7, 11) is -3.64. The first-order valence-electron chi connectivity index (χ1n) is 7.23. The van der Waals surface area contributed by atoms with Crippen LogP contribution >= 0.6 is 24.0 Å². The van der Waals surface area contributed by atoms with Gasteiger partial charge in [-0.05, 0) is 37.6 Å². The van der Waals surface area contributed by atoms with Crippen molar-refractivity contribution >= 4 is 39.9 Å². The first-order valence-corrected chi connectivity index (χ1v) is 9.09. The summed E-state index contributed by atoms with van der Waals surface area (Å²) in [5.74, 6) is -0.150. The van der Waals surface area contributed by atoms with Crippen molar-refractivity contribution in [1.82, 2.24) is 15.4 Å². The van der Waals surface area contributed by atoms with Crippen LogP contribution in [0.4, 0.5) is 0 Å². The SMILES string of the molecule is Cl.O=C(CCNS(=O)(=O)c1cccc(Cl)c1)N[C@H]1CCCNC1. The van der Waals surface area contributed by atoms with Crippen LogP contribution in [0, 0.1) is 0 Å². The number of hydrogen-bond acceptors (Lipinski definition) is 4. The summed E-state index contributed by atoms with van der Waals surface area (Å²) in [6.07, 6.45) is 2.09. The van der Waals surface area contributed by atoms with Gasteiger partial charge in [-0.25, -0.2) is 13.1 Å². The highest BCUT2D eigenvalue weighted by Crippen LogP contribution is 2.15. The molecule has 3 N–H and O–H groups in total. The van der Waals surface area contributed by atoms with Gasteiger partial charge in [0.2, 0.25) is 15.9 Å². The van der Waals surface area contributed by atoms with Crippen LogP contribution in [0.3, 0.4) is 0 Å². The Morgan fingerprint density at radius 2 is 2.17 bits per heavy atom. The van der Waals surface area contributed by atoms with Crippen molar-refractivity contribution in [2.45, 2.75) is 30.2 Å². The summed E-state index contributed by atoms with van der Waals surface area (Å²) in [4.78, 5) is 11.9. The maximum absolute atomic E-state index is 12.0. The lowest BCUT2D eigenvalue weighted by molar-refractivity contribution is -0.121. The van der Waals surface area contributed by atoms with E-state index in [1.54, 1.807) is 12.1 Å². The van der Waals surface area contributed by atoms with Crippen LogP contribution in [-0.4, -0.2) is 40.0 Å². The normalized spacial score (nSPS) is 18.0. The zero-order valence-corrected chi connectivity index (χ0v) is 14.9. The lowest BCUT2D eigenvalue weighted by Gasteiger charge is -2.23. The summed E-state index contributed by atoms with van der Waals surface area (Å²) in [6.45, 7) is 1.80. The van der Waals surface area contributed by atoms with Gasteiger partial charge >= 0.3 is 0 Å². The molecule has 23 heavy (non-hydrogen) atoms. The second-order valence-electron chi connectivity index (χ2n) is 5.22. The van der Waals surface area contributed by atoms with Crippen molar-refractivity contribution in [2.24, 2.45) is 0 Å². The van der Waals surface area contributed by atoms with Crippen LogP contribution in [0.1, 0.15) is 19.3 Å². The van der Waals surface area contributed by atoms with Gasteiger partial charge in [0.1, 0.15) is 0 Å². The molecule has 2 rings (SSSR count). The van der Waals surface area contributed by atoms with E-state index >= 15 is 0 Å². The largest absolute Gasteiger partial charge is 0.352 e. The lowest BCUT2D eigenvalue weighted by atomic mass is 10.1. The smallest absolute Gasteiger partial charge is 0.240 e. The molecule has 1 amide bonds. The van der Waals surface area contributed by atoms with Crippen molar-refractivity contribution in [2.75, 3.05) is 19.6 Å². The van der Waals surface area contributed by atoms with Gasteiger partial charge in [0.25, 0.3) is 0 Å². The molecule has 0 aliphatic carbocycles. The van der Waals surface area contributed by atoms with Crippen LogP contribution in [0.25, 0.3) is 0 Å². The van der Waals surface area contributed by atoms with Gasteiger partial charge in [-0.15, -0.1) is 12.4 Å². The van der Waals surface area contributed by atoms with E-state index in [4.69, 9.17) is 11.6 Å². The van der Waals surface area contributed by atoms with Crippen LogP contribution in [-0.2, 0) is 14.8 Å². The van der Waals surface area contributed by atoms with E-state index in [-0.39, 0.29) is 42.2 Å². The minimum Gasteiger partial charge on any atom is -0.352 e. The fourth-order valence-corrected chi connectivity index (χ4v) is 3.62. The molecule has 0 bridgehead atoms. The lowest BCUT2D eigenvalue weighted by Crippen LogP contribution is -2.46. The van der Waals surface area contributed by atoms with Gasteiger partial charge in [0, 0.05) is 30.6 Å². The van der Waals surface area contributed by atoms with Gasteiger partial charge < -0.3 is 10.6 Å². The Balaban J connectivity index is 0.00000264. The number of carbonyl (C=O) groups is 1. The molecule has 9 heteroatoms. The third-order valence-corrected chi connectivity index (χ3v) is 5.11. The van der Waals surface area contributed by atoms with Gasteiger partial charge in [0.15, 0.2) is 0 Å². The van der Waals surface area contributed by atoms with Crippen molar-refractivity contribution < 1.29 is 13.2 Å². The number of nitrogens with one attached hydrogen (secondary N) is 3. The predicted octanol–water partition coefficient (Wildman–Crippen LogP) is 1.30. The fraction of sp³-hybridized carbons (Fsp3) is 0.500. The standard InChI is InChI=1S/C14H20ClN3O3S.ClH/c15-11-3-1-5-13(9-11)22(20,21)17-8-6-14(19)18-12-4-2-7-16-10-12;/h1,3,5,9,12,16-17H,2,4,6-8,10H2,(H,18,19);1H/t12-;/m0./s1. The summed E-state index contributed by atoms with van der Waals surface area (Å²) >= 11 is 5.78. The molecule has 0 saturated carbocycles. The van der Waals surface area contributed by atoms with Crippen molar-refractivity contribution in [1.29, 1.82) is 0 Å². The average molecular weight is 382 g/mol. The third kappa shape index (κ3) is 6.64. The maximum atomic E-state index is 12.0. The van der Waals surface area contributed by atoms with E-state index < -0.39 is 10.0 Å². The van der Waals surface area contributed by atoms with Crippen LogP contribution in [0.2, 0.25) is 5.02 Å². The van der Waals surface area contributed by atoms with E-state index in [0.29, 0.717) is 5.02 Å². The number of rotatable bonds is 6. The Bertz CT molecular complexity index is 619. The van der Waals surface area contributed by atoms with Crippen LogP contribution < -0.4 is 15.4 Å². The molecule has 1 aliphatic heterocycles. The zero-order valence-electron chi connectivity index (χ0n) is 12.5. The molecule has 0 aromatic heterocycles. The minimum absolute atomic E-state index is 0. The predicted molar refractivity (Wildman–Crippen MR) is 92.5 cm³/mol. The van der Waals surface area contributed by atoms with E-state index in [9.17, 15) is 13.2 Å². The number of carbonyl (C=O) groups excluding carboxylic acids is 1. The first-order chi connectivity index (χ1) is 10.5. The summed E-state index contributed by atoms with van der Waals surface area (Å²) in [5, 5.41) is 6.46. The molecule has 1 fully saturated rings. The van der Waals surface area contributed by atoms with Crippen molar-refractivity contribution in [3.8, 4) is 0 Å². The Morgan fingerprint density at radius 3 is 2.83 bits per heavy atom. The highest BCUT2D eigenvalue weighted by molar-refractivity contribution is 7.89. The summed E-state index contributed by atoms with van der Waals surface area (Å²) in [6, 6.07) is 6.14. The number of piperidine rings is 1. The second-order valence-corrected chi connectivity index (χ2v) is 7.42. The number of amides is 1. The van der Waals surface area contributed by atoms with Crippen molar-refractivity contribution in [3.63, 3.8) is 0 Å². The second kappa shape index (κ2) is 9.44. The topological polar surface area (TPSA) is 87.3 Å². The number of hydrogen-bond donors (Lipinski definition) is 3. The highest BCUT2D eigenvalue weighted by atomic mass is 35.5. The average Bonchev–Trinajstić information content (AvgIpc) is 2.48. The molecule has 130 valence electrons. The van der Waals surface area contributed by atoms with E-state index in [1.165, 1.54) is 12.1 Å². The molecule has 1 heterocycles. The molecule has 0 unspecified atom stereocenters. The quantitative estimate of drug-likeness (QED) is 0.692. The molecular formula is C14H21Cl2N3O3S. The van der Waals surface area contributed by atoms with Crippen LogP contribution in [0.5, 0.6) is 0 Å². The maximum Gasteiger partial charge on any atom is 0.240 e. The van der Waals surface area contributed by atoms with Gasteiger partial charge in [0.05, 0.1) is 4.90 Å². The van der Waals surface area contributed by atoms with E-state index in [0.717, 1.165) is 25.9 Å². The van der Waals surface area contributed by atoms with Crippen molar-refractivity contribution in [3.05, 3.63) is 29.3 Å². The highest BCUT2D eigenvalue weighted by Gasteiger charge is 2.17. The summed E-state index contributed by atoms with van der Waals surface area (Å²) in [5.41, 5.74) is 0. The van der Waals surface area contributed by atoms with Gasteiger partial charge in [-0.2, -0.15) is 0 Å². The Hall–Kier alpha value is -0.860. The molecule has 1 saturated heterocycles. The molecule has 1 aromatic rings. The fourth-order valence-electron chi connectivity index (χ4n) is 2.29. The molecule has 0 spiro atoms. The van der Waals surface area contributed by atoms with Crippen LogP contribution in [0.15, 0.2) is 29.2 Å². The Morgan fingerprint density at radius 1 is 1.39 bits per heavy atom. The zero-order chi connectivity index (χ0) is 16.0. The molecule has 1 atom stereocenters. The minimum atomic E-state index is -3.64. The van der Waals surface area contributed by atoms with Gasteiger partial charge in [-0.3, -0.25) is 4.79 Å². The Labute approximate surface area is 147 Å². The number of benzene rings is 1. The molecular weight excluding hydrogens is 361 g/mol.